The number of nitrogens with zero attached hydrogens (tertiary/aromatic N) is 1. The second-order valence-corrected chi connectivity index (χ2v) is 5.64. The van der Waals surface area contributed by atoms with Crippen molar-refractivity contribution in [2.45, 2.75) is 13.5 Å². The standard InChI is InChI=1S/C16H14Cl2FNO/c1-10-6-7-12(14(19)8-10)16(21)20(2)9-11-4-3-5-13(17)15(11)18/h3-8H,9H2,1-2H3. The largest absolute Gasteiger partial charge is 0.337 e. The number of hydrogen-bond donors (Lipinski definition) is 0. The summed E-state index contributed by atoms with van der Waals surface area (Å²) >= 11 is 12.0. The zero-order valence-corrected chi connectivity index (χ0v) is 13.2. The van der Waals surface area contributed by atoms with Crippen LogP contribution in [0.1, 0.15) is 21.5 Å². The molecule has 0 bridgehead atoms. The zero-order chi connectivity index (χ0) is 15.6. The van der Waals surface area contributed by atoms with Gasteiger partial charge in [0, 0.05) is 13.6 Å². The van der Waals surface area contributed by atoms with Gasteiger partial charge in [0.25, 0.3) is 5.91 Å². The van der Waals surface area contributed by atoms with E-state index in [1.165, 1.54) is 17.0 Å². The summed E-state index contributed by atoms with van der Waals surface area (Å²) in [4.78, 5) is 13.7. The topological polar surface area (TPSA) is 20.3 Å². The van der Waals surface area contributed by atoms with Crippen LogP contribution in [0.5, 0.6) is 0 Å². The van der Waals surface area contributed by atoms with Gasteiger partial charge in [0.2, 0.25) is 0 Å². The van der Waals surface area contributed by atoms with Gasteiger partial charge in [0.05, 0.1) is 15.6 Å². The second kappa shape index (κ2) is 6.46. The molecule has 0 spiro atoms. The van der Waals surface area contributed by atoms with Gasteiger partial charge in [0.1, 0.15) is 5.82 Å². The minimum atomic E-state index is -0.524. The molecular weight excluding hydrogens is 312 g/mol. The van der Waals surface area contributed by atoms with Gasteiger partial charge >= 0.3 is 0 Å². The number of rotatable bonds is 3. The summed E-state index contributed by atoms with van der Waals surface area (Å²) in [6, 6.07) is 9.75. The highest BCUT2D eigenvalue weighted by atomic mass is 35.5. The Morgan fingerprint density at radius 2 is 1.95 bits per heavy atom. The van der Waals surface area contributed by atoms with Crippen LogP contribution >= 0.6 is 23.2 Å². The van der Waals surface area contributed by atoms with E-state index in [1.807, 2.05) is 0 Å². The molecule has 1 amide bonds. The monoisotopic (exact) mass is 325 g/mol. The molecule has 110 valence electrons. The predicted molar refractivity (Wildman–Crippen MR) is 83.4 cm³/mol. The summed E-state index contributed by atoms with van der Waals surface area (Å²) in [5.74, 6) is -0.924. The number of amides is 1. The van der Waals surface area contributed by atoms with Crippen molar-refractivity contribution in [2.75, 3.05) is 7.05 Å². The average Bonchev–Trinajstić information content (AvgIpc) is 2.43. The maximum Gasteiger partial charge on any atom is 0.256 e. The molecule has 2 nitrogen and oxygen atoms in total. The molecule has 0 saturated carbocycles. The third-order valence-corrected chi connectivity index (χ3v) is 4.00. The first kappa shape index (κ1) is 15.8. The van der Waals surface area contributed by atoms with E-state index in [9.17, 15) is 9.18 Å². The number of benzene rings is 2. The van der Waals surface area contributed by atoms with Gasteiger partial charge in [-0.05, 0) is 36.2 Å². The van der Waals surface area contributed by atoms with E-state index in [1.54, 1.807) is 38.2 Å². The smallest absolute Gasteiger partial charge is 0.256 e. The number of carbonyl (C=O) groups is 1. The number of hydrogen-bond acceptors (Lipinski definition) is 1. The lowest BCUT2D eigenvalue weighted by Crippen LogP contribution is -2.27. The van der Waals surface area contributed by atoms with Crippen molar-refractivity contribution in [3.63, 3.8) is 0 Å². The molecule has 0 aliphatic heterocycles. The molecule has 0 aliphatic rings. The Balaban J connectivity index is 2.21. The van der Waals surface area contributed by atoms with Crippen molar-refractivity contribution in [3.05, 3.63) is 69.0 Å². The fraction of sp³-hybridized carbons (Fsp3) is 0.188. The van der Waals surface area contributed by atoms with Gasteiger partial charge in [-0.1, -0.05) is 41.4 Å². The molecule has 0 N–H and O–H groups in total. The summed E-state index contributed by atoms with van der Waals surface area (Å²) in [5.41, 5.74) is 1.53. The van der Waals surface area contributed by atoms with Gasteiger partial charge in [0.15, 0.2) is 0 Å². The molecule has 2 aromatic carbocycles. The number of carbonyl (C=O) groups excluding carboxylic acids is 1. The molecule has 0 heterocycles. The molecule has 0 saturated heterocycles. The lowest BCUT2D eigenvalue weighted by Gasteiger charge is -2.19. The first-order chi connectivity index (χ1) is 9.90. The Morgan fingerprint density at radius 3 is 2.62 bits per heavy atom. The van der Waals surface area contributed by atoms with E-state index in [-0.39, 0.29) is 12.1 Å². The lowest BCUT2D eigenvalue weighted by atomic mass is 10.1. The highest BCUT2D eigenvalue weighted by molar-refractivity contribution is 6.42. The highest BCUT2D eigenvalue weighted by Crippen LogP contribution is 2.26. The van der Waals surface area contributed by atoms with Crippen LogP contribution in [0.15, 0.2) is 36.4 Å². The van der Waals surface area contributed by atoms with Crippen LogP contribution in [0.4, 0.5) is 4.39 Å². The fourth-order valence-corrected chi connectivity index (χ4v) is 2.38. The van der Waals surface area contributed by atoms with Crippen LogP contribution in [0, 0.1) is 12.7 Å². The third-order valence-electron chi connectivity index (χ3n) is 3.14. The fourth-order valence-electron chi connectivity index (χ4n) is 2.00. The van der Waals surface area contributed by atoms with Gasteiger partial charge in [-0.25, -0.2) is 4.39 Å². The van der Waals surface area contributed by atoms with Crippen LogP contribution < -0.4 is 0 Å². The Bertz CT molecular complexity index is 688. The Hall–Kier alpha value is -1.58. The van der Waals surface area contributed by atoms with Crippen LogP contribution in [0.2, 0.25) is 10.0 Å². The molecule has 5 heteroatoms. The van der Waals surface area contributed by atoms with Crippen LogP contribution in [0.25, 0.3) is 0 Å². The van der Waals surface area contributed by atoms with Gasteiger partial charge in [-0.3, -0.25) is 4.79 Å². The highest BCUT2D eigenvalue weighted by Gasteiger charge is 2.17. The molecule has 21 heavy (non-hydrogen) atoms. The molecule has 0 aliphatic carbocycles. The van der Waals surface area contributed by atoms with Gasteiger partial charge in [-0.15, -0.1) is 0 Å². The summed E-state index contributed by atoms with van der Waals surface area (Å²) in [5, 5.41) is 0.833. The Morgan fingerprint density at radius 1 is 1.24 bits per heavy atom. The molecule has 0 atom stereocenters. The lowest BCUT2D eigenvalue weighted by molar-refractivity contribution is 0.0780. The zero-order valence-electron chi connectivity index (χ0n) is 11.7. The number of aryl methyl sites for hydroxylation is 1. The van der Waals surface area contributed by atoms with Crippen LogP contribution in [0.3, 0.4) is 0 Å². The van der Waals surface area contributed by atoms with Gasteiger partial charge < -0.3 is 4.90 Å². The van der Waals surface area contributed by atoms with E-state index < -0.39 is 11.7 Å². The Labute approximate surface area is 133 Å². The van der Waals surface area contributed by atoms with Crippen molar-refractivity contribution >= 4 is 29.1 Å². The van der Waals surface area contributed by atoms with Crippen molar-refractivity contribution < 1.29 is 9.18 Å². The molecule has 0 aromatic heterocycles. The van der Waals surface area contributed by atoms with E-state index >= 15 is 0 Å². The van der Waals surface area contributed by atoms with E-state index in [4.69, 9.17) is 23.2 Å². The number of halogens is 3. The van der Waals surface area contributed by atoms with Crippen molar-refractivity contribution in [2.24, 2.45) is 0 Å². The minimum absolute atomic E-state index is 0.0428. The molecule has 2 rings (SSSR count). The minimum Gasteiger partial charge on any atom is -0.337 e. The average molecular weight is 326 g/mol. The summed E-state index contributed by atoms with van der Waals surface area (Å²) in [6.45, 7) is 2.03. The maximum absolute atomic E-state index is 13.8. The normalized spacial score (nSPS) is 10.5. The molecular formula is C16H14Cl2FNO. The Kier molecular flexibility index (Phi) is 4.86. The second-order valence-electron chi connectivity index (χ2n) is 4.86. The SMILES string of the molecule is Cc1ccc(C(=O)N(C)Cc2cccc(Cl)c2Cl)c(F)c1. The first-order valence-corrected chi connectivity index (χ1v) is 7.10. The van der Waals surface area contributed by atoms with E-state index in [0.29, 0.717) is 15.6 Å². The van der Waals surface area contributed by atoms with Crippen molar-refractivity contribution in [3.8, 4) is 0 Å². The van der Waals surface area contributed by atoms with Gasteiger partial charge in [-0.2, -0.15) is 0 Å². The molecule has 0 radical (unpaired) electrons. The van der Waals surface area contributed by atoms with Crippen LogP contribution in [-0.4, -0.2) is 17.9 Å². The first-order valence-electron chi connectivity index (χ1n) is 6.34. The van der Waals surface area contributed by atoms with Crippen molar-refractivity contribution in [1.82, 2.24) is 4.90 Å². The summed E-state index contributed by atoms with van der Waals surface area (Å²) < 4.78 is 13.8. The van der Waals surface area contributed by atoms with Crippen molar-refractivity contribution in [1.29, 1.82) is 0 Å². The van der Waals surface area contributed by atoms with E-state index in [0.717, 1.165) is 5.56 Å². The third kappa shape index (κ3) is 3.55. The summed E-state index contributed by atoms with van der Waals surface area (Å²) in [7, 11) is 1.60. The van der Waals surface area contributed by atoms with E-state index in [2.05, 4.69) is 0 Å². The molecule has 0 fully saturated rings. The maximum atomic E-state index is 13.8. The van der Waals surface area contributed by atoms with Crippen LogP contribution in [-0.2, 0) is 6.54 Å². The summed E-state index contributed by atoms with van der Waals surface area (Å²) in [6.07, 6.45) is 0. The molecule has 0 unspecified atom stereocenters. The molecule has 2 aromatic rings. The quantitative estimate of drug-likeness (QED) is 0.800. The predicted octanol–water partition coefficient (Wildman–Crippen LogP) is 4.71.